The third kappa shape index (κ3) is 7.14. The first-order valence-corrected chi connectivity index (χ1v) is 17.6. The van der Waals surface area contributed by atoms with Gasteiger partial charge in [0.25, 0.3) is 5.91 Å². The van der Waals surface area contributed by atoms with Crippen LogP contribution in [0, 0.1) is 12.7 Å². The topological polar surface area (TPSA) is 118 Å². The fraction of sp³-hybridized carbons (Fsp3) is 0.533. The largest absolute Gasteiger partial charge is 0.443 e. The molecule has 0 saturated heterocycles. The average molecular weight is 642 g/mol. The van der Waals surface area contributed by atoms with Crippen LogP contribution in [-0.2, 0) is 42.2 Å². The summed E-state index contributed by atoms with van der Waals surface area (Å²) in [6.45, 7) is 12.9. The molecule has 0 fully saturated rings. The number of anilines is 1. The number of carbonyl (C=O) groups excluding carboxylic acids is 2. The molecule has 0 spiro atoms. The summed E-state index contributed by atoms with van der Waals surface area (Å²) >= 11 is 0. The van der Waals surface area contributed by atoms with E-state index >= 15 is 4.39 Å². The summed E-state index contributed by atoms with van der Waals surface area (Å²) in [5, 5.41) is -1.64. The Labute approximate surface area is 253 Å². The maximum atomic E-state index is 15.0. The van der Waals surface area contributed by atoms with E-state index in [1.54, 1.807) is 72.7 Å². The Morgan fingerprint density at radius 2 is 1.37 bits per heavy atom. The van der Waals surface area contributed by atoms with Crippen molar-refractivity contribution in [1.82, 2.24) is 0 Å². The summed E-state index contributed by atoms with van der Waals surface area (Å²) in [5.74, 6) is -1.49. The van der Waals surface area contributed by atoms with Gasteiger partial charge < -0.3 is 22.8 Å². The summed E-state index contributed by atoms with van der Waals surface area (Å²) in [4.78, 5) is 29.2. The van der Waals surface area contributed by atoms with E-state index in [4.69, 9.17) is 22.8 Å². The molecule has 2 amide bonds. The molecular formula is C30H42FNO9P2. The molecule has 0 N–H and O–H groups in total. The lowest BCUT2D eigenvalue weighted by Crippen LogP contribution is -2.47. The number of hydrogen-bond donors (Lipinski definition) is 0. The van der Waals surface area contributed by atoms with Crippen molar-refractivity contribution in [2.75, 3.05) is 31.3 Å². The quantitative estimate of drug-likeness (QED) is 0.201. The lowest BCUT2D eigenvalue weighted by atomic mass is 9.73. The van der Waals surface area contributed by atoms with Crippen molar-refractivity contribution in [3.05, 3.63) is 65.0 Å². The molecule has 0 bridgehead atoms. The highest BCUT2D eigenvalue weighted by atomic mass is 31.2. The minimum absolute atomic E-state index is 0.0743. The Bertz CT molecular complexity index is 1360. The van der Waals surface area contributed by atoms with E-state index in [9.17, 15) is 18.7 Å². The van der Waals surface area contributed by atoms with E-state index in [0.717, 1.165) is 22.6 Å². The van der Waals surface area contributed by atoms with Gasteiger partial charge >= 0.3 is 21.3 Å². The highest BCUT2D eigenvalue weighted by molar-refractivity contribution is 7.72. The zero-order valence-electron chi connectivity index (χ0n) is 26.0. The Morgan fingerprint density at radius 3 is 1.81 bits per heavy atom. The van der Waals surface area contributed by atoms with Crippen molar-refractivity contribution in [3.8, 4) is 0 Å². The number of rotatable bonds is 13. The number of aryl methyl sites for hydroxylation is 1. The molecular weight excluding hydrogens is 599 g/mol. The van der Waals surface area contributed by atoms with Crippen molar-refractivity contribution < 1.29 is 45.9 Å². The number of hydrogen-bond acceptors (Lipinski definition) is 9. The standard InChI is InChI=1S/C30H42FNO9P2/c1-9-37-42(35,38-10-2)26(43(36,39-11-3)40-12-4)20-30(22-15-13-21(5)14-16-22)24-19-23(31)17-18-25(24)32(27(30)33)28(34)41-29(6,7)8/h13-19,26H,9-12,20H2,1-8H3/t30-/m1/s1. The lowest BCUT2D eigenvalue weighted by Gasteiger charge is -2.37. The summed E-state index contributed by atoms with van der Waals surface area (Å²) in [6, 6.07) is 10.4. The molecule has 0 aliphatic carbocycles. The summed E-state index contributed by atoms with van der Waals surface area (Å²) in [7, 11) is -8.71. The van der Waals surface area contributed by atoms with Crippen LogP contribution >= 0.6 is 15.2 Å². The fourth-order valence-corrected chi connectivity index (χ4v) is 10.6. The molecule has 1 aliphatic heterocycles. The Hall–Kier alpha value is -2.39. The highest BCUT2D eigenvalue weighted by Gasteiger charge is 2.62. The van der Waals surface area contributed by atoms with Crippen LogP contribution in [0.2, 0.25) is 0 Å². The van der Waals surface area contributed by atoms with Gasteiger partial charge in [-0.1, -0.05) is 29.8 Å². The number of fused-ring (bicyclic) bond motifs is 1. The molecule has 13 heteroatoms. The Morgan fingerprint density at radius 1 is 0.884 bits per heavy atom. The van der Waals surface area contributed by atoms with E-state index in [1.807, 2.05) is 6.92 Å². The monoisotopic (exact) mass is 641 g/mol. The molecule has 0 saturated carbocycles. The van der Waals surface area contributed by atoms with Gasteiger partial charge in [-0.15, -0.1) is 0 Å². The van der Waals surface area contributed by atoms with Crippen LogP contribution in [-0.4, -0.2) is 49.4 Å². The molecule has 2 aromatic carbocycles. The highest BCUT2D eigenvalue weighted by Crippen LogP contribution is 2.73. The van der Waals surface area contributed by atoms with Gasteiger partial charge in [-0.2, -0.15) is 0 Å². The van der Waals surface area contributed by atoms with Crippen LogP contribution in [0.1, 0.15) is 71.6 Å². The molecule has 43 heavy (non-hydrogen) atoms. The first-order chi connectivity index (χ1) is 20.1. The second-order valence-electron chi connectivity index (χ2n) is 11.0. The Balaban J connectivity index is 2.44. The van der Waals surface area contributed by atoms with Gasteiger partial charge in [0.2, 0.25) is 0 Å². The van der Waals surface area contributed by atoms with E-state index in [-0.39, 0.29) is 37.7 Å². The van der Waals surface area contributed by atoms with Gasteiger partial charge in [0.15, 0.2) is 5.40 Å². The van der Waals surface area contributed by atoms with Crippen LogP contribution in [0.3, 0.4) is 0 Å². The second-order valence-corrected chi connectivity index (χ2v) is 15.8. The van der Waals surface area contributed by atoms with Gasteiger partial charge in [0.05, 0.1) is 32.1 Å². The molecule has 3 rings (SSSR count). The van der Waals surface area contributed by atoms with Crippen LogP contribution in [0.5, 0.6) is 0 Å². The van der Waals surface area contributed by atoms with Crippen molar-refractivity contribution in [3.63, 3.8) is 0 Å². The third-order valence-corrected chi connectivity index (χ3v) is 12.8. The van der Waals surface area contributed by atoms with Gasteiger partial charge in [0.1, 0.15) is 16.8 Å². The van der Waals surface area contributed by atoms with Crippen molar-refractivity contribution in [1.29, 1.82) is 0 Å². The molecule has 0 radical (unpaired) electrons. The molecule has 1 atom stereocenters. The summed E-state index contributed by atoms with van der Waals surface area (Å²) < 4.78 is 72.4. The normalized spacial score (nSPS) is 17.4. The van der Waals surface area contributed by atoms with Gasteiger partial charge in [-0.25, -0.2) is 14.1 Å². The van der Waals surface area contributed by atoms with E-state index in [1.165, 1.54) is 6.07 Å². The first kappa shape index (κ1) is 35.1. The maximum Gasteiger partial charge on any atom is 0.421 e. The minimum Gasteiger partial charge on any atom is -0.443 e. The van der Waals surface area contributed by atoms with E-state index in [2.05, 4.69) is 0 Å². The van der Waals surface area contributed by atoms with Crippen LogP contribution in [0.4, 0.5) is 14.9 Å². The maximum absolute atomic E-state index is 15.0. The average Bonchev–Trinajstić information content (AvgIpc) is 3.14. The number of amides is 2. The molecule has 0 unspecified atom stereocenters. The SMILES string of the molecule is CCOP(=O)(OCC)C(C[C@]1(c2ccc(C)cc2)C(=O)N(C(=O)OC(C)(C)C)c2ccc(F)cc21)P(=O)(OCC)OCC. The second kappa shape index (κ2) is 13.7. The van der Waals surface area contributed by atoms with E-state index in [0.29, 0.717) is 5.56 Å². The molecule has 2 aromatic rings. The van der Waals surface area contributed by atoms with Crippen LogP contribution in [0.25, 0.3) is 0 Å². The molecule has 238 valence electrons. The number of imide groups is 1. The number of benzene rings is 2. The molecule has 1 aliphatic rings. The Kier molecular flexibility index (Phi) is 11.2. The van der Waals surface area contributed by atoms with Gasteiger partial charge in [-0.05, 0) is 91.1 Å². The fourth-order valence-electron chi connectivity index (χ4n) is 5.19. The van der Waals surface area contributed by atoms with E-state index < -0.39 is 55.8 Å². The zero-order chi connectivity index (χ0) is 32.2. The molecule has 1 heterocycles. The third-order valence-electron chi connectivity index (χ3n) is 6.80. The summed E-state index contributed by atoms with van der Waals surface area (Å²) in [5.41, 5.74) is -1.49. The van der Waals surface area contributed by atoms with Crippen molar-refractivity contribution in [2.24, 2.45) is 0 Å². The number of halogens is 1. The van der Waals surface area contributed by atoms with Gasteiger partial charge in [0, 0.05) is 0 Å². The lowest BCUT2D eigenvalue weighted by molar-refractivity contribution is -0.121. The molecule has 10 nitrogen and oxygen atoms in total. The summed E-state index contributed by atoms with van der Waals surface area (Å²) in [6.07, 6.45) is -1.51. The minimum atomic E-state index is -4.36. The smallest absolute Gasteiger partial charge is 0.421 e. The van der Waals surface area contributed by atoms with Crippen LogP contribution < -0.4 is 4.90 Å². The number of carbonyl (C=O) groups is 2. The van der Waals surface area contributed by atoms with Crippen molar-refractivity contribution in [2.45, 2.75) is 78.2 Å². The number of nitrogens with zero attached hydrogens (tertiary/aromatic N) is 1. The number of ether oxygens (including phenoxy) is 1. The zero-order valence-corrected chi connectivity index (χ0v) is 27.8. The molecule has 0 aromatic heterocycles. The predicted molar refractivity (Wildman–Crippen MR) is 162 cm³/mol. The first-order valence-electron chi connectivity index (χ1n) is 14.3. The van der Waals surface area contributed by atoms with Gasteiger partial charge in [-0.3, -0.25) is 13.9 Å². The van der Waals surface area contributed by atoms with Crippen molar-refractivity contribution >= 4 is 32.9 Å². The van der Waals surface area contributed by atoms with Crippen LogP contribution in [0.15, 0.2) is 42.5 Å². The predicted octanol–water partition coefficient (Wildman–Crippen LogP) is 7.95.